The van der Waals surface area contributed by atoms with Crippen LogP contribution in [0.1, 0.15) is 11.3 Å². The Labute approximate surface area is 105 Å². The van der Waals surface area contributed by atoms with Crippen LogP contribution < -0.4 is 5.32 Å². The zero-order valence-electron chi connectivity index (χ0n) is 8.27. The van der Waals surface area contributed by atoms with Gasteiger partial charge in [0.2, 0.25) is 5.91 Å². The van der Waals surface area contributed by atoms with Gasteiger partial charge >= 0.3 is 5.97 Å². The van der Waals surface area contributed by atoms with Gasteiger partial charge in [-0.25, -0.2) is 0 Å². The van der Waals surface area contributed by atoms with E-state index < -0.39 is 11.9 Å². The second-order valence-corrected chi connectivity index (χ2v) is 5.65. The average molecular weight is 304 g/mol. The Morgan fingerprint density at radius 2 is 2.31 bits per heavy atom. The lowest BCUT2D eigenvalue weighted by molar-refractivity contribution is -0.140. The van der Waals surface area contributed by atoms with Gasteiger partial charge in [0.15, 0.2) is 0 Å². The van der Waals surface area contributed by atoms with E-state index in [2.05, 4.69) is 21.2 Å². The summed E-state index contributed by atoms with van der Waals surface area (Å²) in [7, 11) is 0. The van der Waals surface area contributed by atoms with Crippen molar-refractivity contribution in [2.24, 2.45) is 11.8 Å². The van der Waals surface area contributed by atoms with Crippen molar-refractivity contribution in [3.8, 4) is 0 Å². The first-order valence-electron chi connectivity index (χ1n) is 4.81. The zero-order chi connectivity index (χ0) is 11.7. The maximum Gasteiger partial charge on any atom is 0.307 e. The van der Waals surface area contributed by atoms with Crippen molar-refractivity contribution in [2.45, 2.75) is 13.0 Å². The van der Waals surface area contributed by atoms with E-state index in [1.165, 1.54) is 0 Å². The van der Waals surface area contributed by atoms with Crippen LogP contribution in [-0.2, 0) is 16.1 Å². The molecular weight excluding hydrogens is 294 g/mol. The second kappa shape index (κ2) is 4.55. The molecule has 2 atom stereocenters. The molecule has 1 aromatic heterocycles. The molecule has 0 unspecified atom stereocenters. The molecule has 1 aromatic rings. The molecule has 1 saturated carbocycles. The summed E-state index contributed by atoms with van der Waals surface area (Å²) < 4.78 is 0.997. The fourth-order valence-electron chi connectivity index (χ4n) is 1.51. The number of aliphatic carboxylic acids is 1. The second-order valence-electron chi connectivity index (χ2n) is 3.74. The van der Waals surface area contributed by atoms with Crippen molar-refractivity contribution < 1.29 is 14.7 Å². The Morgan fingerprint density at radius 3 is 2.81 bits per heavy atom. The molecule has 0 spiro atoms. The van der Waals surface area contributed by atoms with Gasteiger partial charge in [-0.15, -0.1) is 11.3 Å². The van der Waals surface area contributed by atoms with Crippen LogP contribution in [0.5, 0.6) is 0 Å². The first-order chi connectivity index (χ1) is 7.58. The van der Waals surface area contributed by atoms with Gasteiger partial charge in [-0.2, -0.15) is 0 Å². The number of carboxylic acid groups (broad SMARTS) is 1. The molecule has 4 nitrogen and oxygen atoms in total. The summed E-state index contributed by atoms with van der Waals surface area (Å²) in [6, 6.07) is 1.94. The molecule has 1 aliphatic carbocycles. The van der Waals surface area contributed by atoms with Gasteiger partial charge in [-0.05, 0) is 28.4 Å². The number of carbonyl (C=O) groups is 2. The van der Waals surface area contributed by atoms with Crippen molar-refractivity contribution in [3.63, 3.8) is 0 Å². The van der Waals surface area contributed by atoms with Crippen LogP contribution in [-0.4, -0.2) is 17.0 Å². The molecule has 2 N–H and O–H groups in total. The number of carboxylic acids is 1. The number of hydrogen-bond donors (Lipinski definition) is 2. The Hall–Kier alpha value is -0.880. The molecule has 16 heavy (non-hydrogen) atoms. The largest absolute Gasteiger partial charge is 0.481 e. The first-order valence-corrected chi connectivity index (χ1v) is 6.48. The van der Waals surface area contributed by atoms with E-state index in [1.807, 2.05) is 11.4 Å². The monoisotopic (exact) mass is 303 g/mol. The fraction of sp³-hybridized carbons (Fsp3) is 0.400. The van der Waals surface area contributed by atoms with Gasteiger partial charge < -0.3 is 10.4 Å². The third-order valence-electron chi connectivity index (χ3n) is 2.50. The minimum absolute atomic E-state index is 0.156. The van der Waals surface area contributed by atoms with Crippen LogP contribution in [0.2, 0.25) is 0 Å². The lowest BCUT2D eigenvalue weighted by Gasteiger charge is -2.01. The molecule has 6 heteroatoms. The Kier molecular flexibility index (Phi) is 3.30. The predicted octanol–water partition coefficient (Wildman–Crippen LogP) is 1.85. The molecular formula is C10H10BrNO3S. The zero-order valence-corrected chi connectivity index (χ0v) is 10.7. The topological polar surface area (TPSA) is 66.4 Å². The summed E-state index contributed by atoms with van der Waals surface area (Å²) in [6.07, 6.45) is 0.468. The van der Waals surface area contributed by atoms with Crippen molar-refractivity contribution in [1.82, 2.24) is 5.32 Å². The van der Waals surface area contributed by atoms with E-state index in [1.54, 1.807) is 11.3 Å². The minimum atomic E-state index is -0.876. The summed E-state index contributed by atoms with van der Waals surface area (Å²) in [5.41, 5.74) is 0. The molecule has 1 aliphatic rings. The van der Waals surface area contributed by atoms with Gasteiger partial charge in [0.25, 0.3) is 0 Å². The van der Waals surface area contributed by atoms with E-state index in [0.717, 1.165) is 9.35 Å². The number of hydrogen-bond acceptors (Lipinski definition) is 3. The summed E-state index contributed by atoms with van der Waals surface area (Å²) in [6.45, 7) is 0.470. The minimum Gasteiger partial charge on any atom is -0.481 e. The highest BCUT2D eigenvalue weighted by atomic mass is 79.9. The van der Waals surface area contributed by atoms with Gasteiger partial charge in [-0.1, -0.05) is 0 Å². The van der Waals surface area contributed by atoms with E-state index in [4.69, 9.17) is 5.11 Å². The van der Waals surface area contributed by atoms with Gasteiger partial charge in [0.05, 0.1) is 18.4 Å². The summed E-state index contributed by atoms with van der Waals surface area (Å²) in [4.78, 5) is 23.1. The third kappa shape index (κ3) is 2.62. The van der Waals surface area contributed by atoms with Crippen LogP contribution in [0.15, 0.2) is 15.9 Å². The van der Waals surface area contributed by atoms with Crippen molar-refractivity contribution in [1.29, 1.82) is 0 Å². The molecule has 1 heterocycles. The number of amides is 1. The molecule has 0 aromatic carbocycles. The number of nitrogens with one attached hydrogen (secondary N) is 1. The molecule has 0 bridgehead atoms. The smallest absolute Gasteiger partial charge is 0.307 e. The van der Waals surface area contributed by atoms with Crippen LogP contribution >= 0.6 is 27.3 Å². The highest BCUT2D eigenvalue weighted by Crippen LogP contribution is 2.38. The highest BCUT2D eigenvalue weighted by Gasteiger charge is 2.48. The number of carbonyl (C=O) groups excluding carboxylic acids is 1. The molecule has 1 amide bonds. The average Bonchev–Trinajstić information content (AvgIpc) is 2.93. The predicted molar refractivity (Wildman–Crippen MR) is 63.1 cm³/mol. The Bertz CT molecular complexity index is 431. The standard InChI is InChI=1S/C10H10BrNO3S/c11-5-1-6(16-4-5)3-12-9(13)7-2-8(7)10(14)15/h1,4,7-8H,2-3H2,(H,12,13)(H,14,15)/t7-,8+/m1/s1. The Morgan fingerprint density at radius 1 is 1.56 bits per heavy atom. The molecule has 0 saturated heterocycles. The van der Waals surface area contributed by atoms with E-state index >= 15 is 0 Å². The van der Waals surface area contributed by atoms with Crippen molar-refractivity contribution in [2.75, 3.05) is 0 Å². The van der Waals surface area contributed by atoms with E-state index in [9.17, 15) is 9.59 Å². The normalized spacial score (nSPS) is 22.8. The number of thiophene rings is 1. The molecule has 0 radical (unpaired) electrons. The summed E-state index contributed by atoms with van der Waals surface area (Å²) in [5, 5.41) is 13.4. The van der Waals surface area contributed by atoms with Crippen molar-refractivity contribution in [3.05, 3.63) is 20.8 Å². The maximum absolute atomic E-state index is 11.5. The first kappa shape index (κ1) is 11.6. The maximum atomic E-state index is 11.5. The number of halogens is 1. The van der Waals surface area contributed by atoms with Gasteiger partial charge in [0, 0.05) is 14.7 Å². The van der Waals surface area contributed by atoms with E-state index in [-0.39, 0.29) is 11.8 Å². The van der Waals surface area contributed by atoms with Gasteiger partial charge in [0.1, 0.15) is 0 Å². The third-order valence-corrected chi connectivity index (χ3v) is 4.20. The van der Waals surface area contributed by atoms with Crippen molar-refractivity contribution >= 4 is 39.1 Å². The Balaban J connectivity index is 1.79. The summed E-state index contributed by atoms with van der Waals surface area (Å²) >= 11 is 4.88. The summed E-state index contributed by atoms with van der Waals surface area (Å²) in [5.74, 6) is -1.84. The molecule has 86 valence electrons. The lowest BCUT2D eigenvalue weighted by Crippen LogP contribution is -2.25. The lowest BCUT2D eigenvalue weighted by atomic mass is 10.3. The number of rotatable bonds is 4. The fourth-order valence-corrected chi connectivity index (χ4v) is 2.90. The SMILES string of the molecule is O=C(O)[C@H]1C[C@H]1C(=O)NCc1cc(Br)cs1. The highest BCUT2D eigenvalue weighted by molar-refractivity contribution is 9.10. The quantitative estimate of drug-likeness (QED) is 0.892. The molecule has 2 rings (SSSR count). The molecule has 1 fully saturated rings. The van der Waals surface area contributed by atoms with Crippen LogP contribution in [0.25, 0.3) is 0 Å². The molecule has 0 aliphatic heterocycles. The van der Waals surface area contributed by atoms with Crippen LogP contribution in [0.4, 0.5) is 0 Å². The van der Waals surface area contributed by atoms with Crippen LogP contribution in [0.3, 0.4) is 0 Å². The van der Waals surface area contributed by atoms with Gasteiger partial charge in [-0.3, -0.25) is 9.59 Å². The van der Waals surface area contributed by atoms with E-state index in [0.29, 0.717) is 13.0 Å². The van der Waals surface area contributed by atoms with Crippen LogP contribution in [0, 0.1) is 11.8 Å².